The molecule has 2 heterocycles. The van der Waals surface area contributed by atoms with Gasteiger partial charge >= 0.3 is 0 Å². The van der Waals surface area contributed by atoms with E-state index >= 15 is 0 Å². The van der Waals surface area contributed by atoms with Crippen LogP contribution in [0.5, 0.6) is 0 Å². The van der Waals surface area contributed by atoms with Gasteiger partial charge in [0.25, 0.3) is 0 Å². The summed E-state index contributed by atoms with van der Waals surface area (Å²) in [5.41, 5.74) is 9.19. The summed E-state index contributed by atoms with van der Waals surface area (Å²) in [5, 5.41) is 7.90. The molecule has 1 saturated heterocycles. The SMILES string of the molecule is CCC1CCCN(c2nc3c(cc2C(=N)N)CCC3)CC1. The molecule has 0 bridgehead atoms. The number of nitrogen functional groups attached to an aromatic ring is 1. The summed E-state index contributed by atoms with van der Waals surface area (Å²) < 4.78 is 0. The highest BCUT2D eigenvalue weighted by atomic mass is 15.2. The molecular weight excluding hydrogens is 260 g/mol. The van der Waals surface area contributed by atoms with Crippen LogP contribution in [0.15, 0.2) is 6.07 Å². The smallest absolute Gasteiger partial charge is 0.139 e. The van der Waals surface area contributed by atoms with E-state index in [0.29, 0.717) is 0 Å². The molecule has 0 aromatic carbocycles. The van der Waals surface area contributed by atoms with E-state index in [-0.39, 0.29) is 5.84 Å². The van der Waals surface area contributed by atoms with Gasteiger partial charge in [-0.2, -0.15) is 0 Å². The number of nitrogens with two attached hydrogens (primary N) is 1. The Morgan fingerprint density at radius 2 is 2.19 bits per heavy atom. The lowest BCUT2D eigenvalue weighted by Crippen LogP contribution is -2.29. The number of aromatic nitrogens is 1. The maximum absolute atomic E-state index is 7.90. The standard InChI is InChI=1S/C17H26N4/c1-2-12-5-4-9-21(10-8-12)17-14(16(18)19)11-13-6-3-7-15(13)20-17/h11-12H,2-10H2,1H3,(H3,18,19). The minimum Gasteiger partial charge on any atom is -0.384 e. The Morgan fingerprint density at radius 1 is 1.33 bits per heavy atom. The molecule has 1 aromatic rings. The predicted octanol–water partition coefficient (Wildman–Crippen LogP) is 2.87. The lowest BCUT2D eigenvalue weighted by Gasteiger charge is -2.25. The summed E-state index contributed by atoms with van der Waals surface area (Å²) in [7, 11) is 0. The van der Waals surface area contributed by atoms with Gasteiger partial charge in [0.2, 0.25) is 0 Å². The van der Waals surface area contributed by atoms with Crippen molar-refractivity contribution in [3.05, 3.63) is 22.9 Å². The van der Waals surface area contributed by atoms with Crippen LogP contribution < -0.4 is 10.6 Å². The van der Waals surface area contributed by atoms with Crippen LogP contribution in [0.2, 0.25) is 0 Å². The van der Waals surface area contributed by atoms with Crippen molar-refractivity contribution in [1.82, 2.24) is 4.98 Å². The molecule has 0 saturated carbocycles. The van der Waals surface area contributed by atoms with Crippen LogP contribution in [0.3, 0.4) is 0 Å². The first-order chi connectivity index (χ1) is 10.2. The topological polar surface area (TPSA) is 66.0 Å². The Morgan fingerprint density at radius 3 is 2.95 bits per heavy atom. The zero-order valence-corrected chi connectivity index (χ0v) is 13.0. The van der Waals surface area contributed by atoms with E-state index in [9.17, 15) is 0 Å². The van der Waals surface area contributed by atoms with Crippen LogP contribution in [-0.2, 0) is 12.8 Å². The van der Waals surface area contributed by atoms with Gasteiger partial charge in [-0.1, -0.05) is 13.3 Å². The summed E-state index contributed by atoms with van der Waals surface area (Å²) in [5.74, 6) is 1.95. The Balaban J connectivity index is 1.91. The van der Waals surface area contributed by atoms with E-state index in [4.69, 9.17) is 16.1 Å². The van der Waals surface area contributed by atoms with Crippen molar-refractivity contribution in [2.45, 2.75) is 51.9 Å². The van der Waals surface area contributed by atoms with Crippen molar-refractivity contribution in [3.63, 3.8) is 0 Å². The van der Waals surface area contributed by atoms with E-state index in [1.165, 1.54) is 43.4 Å². The molecule has 3 N–H and O–H groups in total. The number of nitrogens with one attached hydrogen (secondary N) is 1. The Kier molecular flexibility index (Phi) is 4.13. The minimum absolute atomic E-state index is 0.156. The second kappa shape index (κ2) is 6.04. The number of rotatable bonds is 3. The van der Waals surface area contributed by atoms with Crippen molar-refractivity contribution in [2.75, 3.05) is 18.0 Å². The van der Waals surface area contributed by atoms with Gasteiger partial charge in [0.1, 0.15) is 11.7 Å². The average Bonchev–Trinajstić information content (AvgIpc) is 2.80. The van der Waals surface area contributed by atoms with Crippen molar-refractivity contribution in [1.29, 1.82) is 5.41 Å². The molecule has 2 aliphatic rings. The summed E-state index contributed by atoms with van der Waals surface area (Å²) in [6, 6.07) is 2.12. The summed E-state index contributed by atoms with van der Waals surface area (Å²) in [4.78, 5) is 7.26. The van der Waals surface area contributed by atoms with Gasteiger partial charge in [0.15, 0.2) is 0 Å². The van der Waals surface area contributed by atoms with Gasteiger partial charge in [0.05, 0.1) is 5.56 Å². The van der Waals surface area contributed by atoms with Gasteiger partial charge in [-0.05, 0) is 56.1 Å². The first kappa shape index (κ1) is 14.4. The van der Waals surface area contributed by atoms with Crippen molar-refractivity contribution >= 4 is 11.7 Å². The third-order valence-electron chi connectivity index (χ3n) is 5.05. The van der Waals surface area contributed by atoms with Gasteiger partial charge < -0.3 is 10.6 Å². The molecule has 0 amide bonds. The zero-order chi connectivity index (χ0) is 14.8. The molecule has 4 heteroatoms. The third-order valence-corrected chi connectivity index (χ3v) is 5.05. The van der Waals surface area contributed by atoms with E-state index in [1.54, 1.807) is 0 Å². The maximum atomic E-state index is 7.90. The number of hydrogen-bond acceptors (Lipinski definition) is 3. The maximum Gasteiger partial charge on any atom is 0.139 e. The molecule has 1 fully saturated rings. The molecule has 1 aromatic heterocycles. The molecule has 1 unspecified atom stereocenters. The number of nitrogens with zero attached hydrogens (tertiary/aromatic N) is 2. The Bertz CT molecular complexity index is 538. The average molecular weight is 286 g/mol. The number of aryl methyl sites for hydroxylation is 2. The Hall–Kier alpha value is -1.58. The molecule has 3 rings (SSSR count). The van der Waals surface area contributed by atoms with E-state index < -0.39 is 0 Å². The Labute approximate surface area is 127 Å². The molecule has 114 valence electrons. The van der Waals surface area contributed by atoms with Crippen LogP contribution in [0, 0.1) is 11.3 Å². The number of hydrogen-bond donors (Lipinski definition) is 2. The highest BCUT2D eigenvalue weighted by Gasteiger charge is 2.23. The number of anilines is 1. The number of fused-ring (bicyclic) bond motifs is 1. The fourth-order valence-electron chi connectivity index (χ4n) is 3.69. The molecule has 21 heavy (non-hydrogen) atoms. The molecule has 1 aliphatic heterocycles. The molecule has 0 radical (unpaired) electrons. The fourth-order valence-corrected chi connectivity index (χ4v) is 3.69. The van der Waals surface area contributed by atoms with Crippen LogP contribution in [-0.4, -0.2) is 23.9 Å². The second-order valence-corrected chi connectivity index (χ2v) is 6.42. The normalized spacial score (nSPS) is 22.0. The first-order valence-corrected chi connectivity index (χ1v) is 8.31. The monoisotopic (exact) mass is 286 g/mol. The largest absolute Gasteiger partial charge is 0.384 e. The number of amidine groups is 1. The van der Waals surface area contributed by atoms with Crippen LogP contribution in [0.4, 0.5) is 5.82 Å². The van der Waals surface area contributed by atoms with Crippen LogP contribution >= 0.6 is 0 Å². The van der Waals surface area contributed by atoms with E-state index in [0.717, 1.165) is 43.2 Å². The van der Waals surface area contributed by atoms with Crippen LogP contribution in [0.1, 0.15) is 55.8 Å². The molecular formula is C17H26N4. The highest BCUT2D eigenvalue weighted by molar-refractivity contribution is 6.00. The summed E-state index contributed by atoms with van der Waals surface area (Å²) in [6.45, 7) is 4.38. The van der Waals surface area contributed by atoms with Gasteiger partial charge in [-0.3, -0.25) is 5.41 Å². The minimum atomic E-state index is 0.156. The molecule has 1 atom stereocenters. The first-order valence-electron chi connectivity index (χ1n) is 8.31. The van der Waals surface area contributed by atoms with Crippen molar-refractivity contribution in [3.8, 4) is 0 Å². The predicted molar refractivity (Wildman–Crippen MR) is 87.1 cm³/mol. The molecule has 0 spiro atoms. The van der Waals surface area contributed by atoms with Gasteiger partial charge in [-0.25, -0.2) is 4.98 Å². The summed E-state index contributed by atoms with van der Waals surface area (Å²) >= 11 is 0. The molecule has 1 aliphatic carbocycles. The van der Waals surface area contributed by atoms with Crippen molar-refractivity contribution in [2.24, 2.45) is 11.7 Å². The molecule has 4 nitrogen and oxygen atoms in total. The fraction of sp³-hybridized carbons (Fsp3) is 0.647. The van der Waals surface area contributed by atoms with E-state index in [1.807, 2.05) is 0 Å². The number of pyridine rings is 1. The highest BCUT2D eigenvalue weighted by Crippen LogP contribution is 2.30. The second-order valence-electron chi connectivity index (χ2n) is 6.42. The third kappa shape index (κ3) is 2.89. The van der Waals surface area contributed by atoms with Crippen LogP contribution in [0.25, 0.3) is 0 Å². The summed E-state index contributed by atoms with van der Waals surface area (Å²) in [6.07, 6.45) is 8.37. The lowest BCUT2D eigenvalue weighted by atomic mass is 9.98. The van der Waals surface area contributed by atoms with E-state index in [2.05, 4.69) is 17.9 Å². The lowest BCUT2D eigenvalue weighted by molar-refractivity contribution is 0.459. The quantitative estimate of drug-likeness (QED) is 0.663. The van der Waals surface area contributed by atoms with Gasteiger partial charge in [-0.15, -0.1) is 0 Å². The van der Waals surface area contributed by atoms with Crippen molar-refractivity contribution < 1.29 is 0 Å². The van der Waals surface area contributed by atoms with Gasteiger partial charge in [0, 0.05) is 18.8 Å². The zero-order valence-electron chi connectivity index (χ0n) is 13.0.